The molecule has 1 rings (SSSR count). The van der Waals surface area contributed by atoms with Crippen LogP contribution in [0.25, 0.3) is 0 Å². The highest BCUT2D eigenvalue weighted by molar-refractivity contribution is 5.85. The van der Waals surface area contributed by atoms with Gasteiger partial charge in [0, 0.05) is 25.7 Å². The third-order valence-electron chi connectivity index (χ3n) is 4.14. The first-order valence-electron chi connectivity index (χ1n) is 7.47. The van der Waals surface area contributed by atoms with Gasteiger partial charge in [-0.3, -0.25) is 9.69 Å². The zero-order chi connectivity index (χ0) is 16.2. The van der Waals surface area contributed by atoms with Crippen LogP contribution in [-0.2, 0) is 4.79 Å². The number of hydrogen-bond acceptors (Lipinski definition) is 3. The van der Waals surface area contributed by atoms with E-state index in [2.05, 4.69) is 0 Å². The minimum absolute atomic E-state index is 0. The number of carbonyl (C=O) groups excluding carboxylic acids is 1. The summed E-state index contributed by atoms with van der Waals surface area (Å²) in [5, 5.41) is 0. The molecular formula is C14H28Cl2F3N3O. The molecule has 4 nitrogen and oxygen atoms in total. The highest BCUT2D eigenvalue weighted by Gasteiger charge is 2.34. The summed E-state index contributed by atoms with van der Waals surface area (Å²) in [5.74, 6) is -0.135. The van der Waals surface area contributed by atoms with Crippen LogP contribution in [0.1, 0.15) is 27.2 Å². The van der Waals surface area contributed by atoms with E-state index in [9.17, 15) is 18.0 Å². The van der Waals surface area contributed by atoms with E-state index in [4.69, 9.17) is 5.73 Å². The Morgan fingerprint density at radius 1 is 1.35 bits per heavy atom. The lowest BCUT2D eigenvalue weighted by atomic mass is 10.0. The van der Waals surface area contributed by atoms with E-state index in [-0.39, 0.29) is 48.6 Å². The van der Waals surface area contributed by atoms with Crippen LogP contribution in [0.4, 0.5) is 13.2 Å². The average Bonchev–Trinajstić information content (AvgIpc) is 2.82. The SMILES string of the molecule is CCN(CC1CCN(C(=O)C(C)C(C)N)C1)CC(F)(F)F.Cl.Cl. The average molecular weight is 382 g/mol. The molecule has 140 valence electrons. The molecule has 2 N–H and O–H groups in total. The summed E-state index contributed by atoms with van der Waals surface area (Å²) in [6.07, 6.45) is -3.42. The zero-order valence-corrected chi connectivity index (χ0v) is 15.4. The highest BCUT2D eigenvalue weighted by Crippen LogP contribution is 2.22. The second-order valence-electron chi connectivity index (χ2n) is 6.03. The van der Waals surface area contributed by atoms with Crippen molar-refractivity contribution in [2.45, 2.75) is 39.4 Å². The number of amides is 1. The van der Waals surface area contributed by atoms with Gasteiger partial charge in [0.25, 0.3) is 0 Å². The molecule has 0 saturated carbocycles. The lowest BCUT2D eigenvalue weighted by Crippen LogP contribution is -2.42. The first kappa shape index (κ1) is 25.0. The number of nitrogens with two attached hydrogens (primary N) is 1. The van der Waals surface area contributed by atoms with Gasteiger partial charge in [0.1, 0.15) is 0 Å². The van der Waals surface area contributed by atoms with Crippen molar-refractivity contribution in [3.8, 4) is 0 Å². The van der Waals surface area contributed by atoms with E-state index in [1.54, 1.807) is 25.7 Å². The van der Waals surface area contributed by atoms with Crippen LogP contribution in [0.3, 0.4) is 0 Å². The van der Waals surface area contributed by atoms with Crippen LogP contribution in [-0.4, -0.2) is 60.6 Å². The Hall–Kier alpha value is -0.240. The van der Waals surface area contributed by atoms with Gasteiger partial charge in [-0.15, -0.1) is 24.8 Å². The number of nitrogens with zero attached hydrogens (tertiary/aromatic N) is 2. The molecule has 23 heavy (non-hydrogen) atoms. The van der Waals surface area contributed by atoms with Crippen LogP contribution >= 0.6 is 24.8 Å². The molecule has 0 aromatic rings. The predicted octanol–water partition coefficient (Wildman–Crippen LogP) is 2.55. The van der Waals surface area contributed by atoms with Gasteiger partial charge in [0.05, 0.1) is 12.5 Å². The Balaban J connectivity index is 0. The van der Waals surface area contributed by atoms with E-state index in [1.165, 1.54) is 4.90 Å². The lowest BCUT2D eigenvalue weighted by molar-refractivity contribution is -0.147. The number of halogens is 5. The Labute approximate surface area is 148 Å². The smallest absolute Gasteiger partial charge is 0.342 e. The van der Waals surface area contributed by atoms with Crippen LogP contribution in [0.2, 0.25) is 0 Å². The molecule has 9 heteroatoms. The molecular weight excluding hydrogens is 354 g/mol. The van der Waals surface area contributed by atoms with Crippen molar-refractivity contribution in [2.75, 3.05) is 32.7 Å². The van der Waals surface area contributed by atoms with Crippen molar-refractivity contribution in [1.29, 1.82) is 0 Å². The van der Waals surface area contributed by atoms with Gasteiger partial charge in [0.15, 0.2) is 0 Å². The fraction of sp³-hybridized carbons (Fsp3) is 0.929. The molecule has 3 unspecified atom stereocenters. The maximum Gasteiger partial charge on any atom is 0.401 e. The number of alkyl halides is 3. The largest absolute Gasteiger partial charge is 0.401 e. The first-order valence-corrected chi connectivity index (χ1v) is 7.47. The topological polar surface area (TPSA) is 49.6 Å². The van der Waals surface area contributed by atoms with Gasteiger partial charge < -0.3 is 10.6 Å². The minimum Gasteiger partial charge on any atom is -0.342 e. The second-order valence-corrected chi connectivity index (χ2v) is 6.03. The molecule has 0 spiro atoms. The van der Waals surface area contributed by atoms with Crippen LogP contribution in [0, 0.1) is 11.8 Å². The zero-order valence-electron chi connectivity index (χ0n) is 13.8. The third-order valence-corrected chi connectivity index (χ3v) is 4.14. The summed E-state index contributed by atoms with van der Waals surface area (Å²) in [6, 6.07) is -0.214. The fourth-order valence-corrected chi connectivity index (χ4v) is 2.62. The molecule has 1 aliphatic rings. The maximum atomic E-state index is 12.4. The summed E-state index contributed by atoms with van der Waals surface area (Å²) in [7, 11) is 0. The van der Waals surface area contributed by atoms with Gasteiger partial charge in [-0.2, -0.15) is 13.2 Å². The molecule has 0 aromatic heterocycles. The van der Waals surface area contributed by atoms with Gasteiger partial charge in [-0.05, 0) is 25.8 Å². The molecule has 1 amide bonds. The number of likely N-dealkylation sites (tertiary alicyclic amines) is 1. The maximum absolute atomic E-state index is 12.4. The van der Waals surface area contributed by atoms with E-state index in [1.807, 2.05) is 0 Å². The molecule has 0 aromatic carbocycles. The van der Waals surface area contributed by atoms with E-state index in [0.717, 1.165) is 6.42 Å². The Morgan fingerprint density at radius 3 is 2.35 bits per heavy atom. The van der Waals surface area contributed by atoms with Crippen molar-refractivity contribution in [2.24, 2.45) is 17.6 Å². The summed E-state index contributed by atoms with van der Waals surface area (Å²) >= 11 is 0. The normalized spacial score (nSPS) is 20.7. The Bertz CT molecular complexity index is 357. The minimum atomic E-state index is -4.17. The molecule has 0 bridgehead atoms. The van der Waals surface area contributed by atoms with Crippen molar-refractivity contribution in [3.05, 3.63) is 0 Å². The highest BCUT2D eigenvalue weighted by atomic mass is 35.5. The van der Waals surface area contributed by atoms with Crippen LogP contribution in [0.5, 0.6) is 0 Å². The van der Waals surface area contributed by atoms with Crippen molar-refractivity contribution >= 4 is 30.7 Å². The van der Waals surface area contributed by atoms with E-state index < -0.39 is 12.7 Å². The van der Waals surface area contributed by atoms with Crippen molar-refractivity contribution < 1.29 is 18.0 Å². The molecule has 1 fully saturated rings. The first-order chi connectivity index (χ1) is 9.64. The Morgan fingerprint density at radius 2 is 1.91 bits per heavy atom. The molecule has 0 radical (unpaired) electrons. The summed E-state index contributed by atoms with van der Waals surface area (Å²) in [4.78, 5) is 15.3. The number of carbonyl (C=O) groups is 1. The monoisotopic (exact) mass is 381 g/mol. The van der Waals surface area contributed by atoms with Gasteiger partial charge in [-0.1, -0.05) is 13.8 Å². The molecule has 1 aliphatic heterocycles. The number of rotatable bonds is 6. The van der Waals surface area contributed by atoms with Crippen molar-refractivity contribution in [3.63, 3.8) is 0 Å². The van der Waals surface area contributed by atoms with Crippen LogP contribution in [0.15, 0.2) is 0 Å². The quantitative estimate of drug-likeness (QED) is 0.768. The lowest BCUT2D eigenvalue weighted by Gasteiger charge is -2.26. The summed E-state index contributed by atoms with van der Waals surface area (Å²) in [5.41, 5.74) is 5.73. The van der Waals surface area contributed by atoms with Gasteiger partial charge in [0.2, 0.25) is 5.91 Å². The predicted molar refractivity (Wildman–Crippen MR) is 90.2 cm³/mol. The number of hydrogen-bond donors (Lipinski definition) is 1. The molecule has 1 saturated heterocycles. The molecule has 0 aliphatic carbocycles. The molecule has 3 atom stereocenters. The summed E-state index contributed by atoms with van der Waals surface area (Å²) in [6.45, 7) is 6.31. The van der Waals surface area contributed by atoms with E-state index in [0.29, 0.717) is 26.2 Å². The van der Waals surface area contributed by atoms with Crippen molar-refractivity contribution in [1.82, 2.24) is 9.80 Å². The molecule has 1 heterocycles. The Kier molecular flexibility index (Phi) is 11.5. The van der Waals surface area contributed by atoms with Gasteiger partial charge in [-0.25, -0.2) is 0 Å². The van der Waals surface area contributed by atoms with Crippen LogP contribution < -0.4 is 5.73 Å². The van der Waals surface area contributed by atoms with E-state index >= 15 is 0 Å². The third kappa shape index (κ3) is 8.42. The fourth-order valence-electron chi connectivity index (χ4n) is 2.62. The standard InChI is InChI=1S/C14H26F3N3O.2ClH/c1-4-19(9-14(15,16)17)7-12-5-6-20(8-12)13(21)10(2)11(3)18;;/h10-12H,4-9,18H2,1-3H3;2*1H. The van der Waals surface area contributed by atoms with Gasteiger partial charge >= 0.3 is 6.18 Å². The second kappa shape index (κ2) is 10.6. The summed E-state index contributed by atoms with van der Waals surface area (Å²) < 4.78 is 37.3.